The molecule has 0 aliphatic carbocycles. The predicted octanol–water partition coefficient (Wildman–Crippen LogP) is 2.61. The zero-order chi connectivity index (χ0) is 9.97. The molecule has 1 N–H and O–H groups in total. The maximum absolute atomic E-state index is 9.36. The summed E-state index contributed by atoms with van der Waals surface area (Å²) in [5.74, 6) is 0.395. The molecule has 0 amide bonds. The molecule has 2 rings (SSSR count). The van der Waals surface area contributed by atoms with Crippen LogP contribution in [0, 0.1) is 0 Å². The van der Waals surface area contributed by atoms with Crippen molar-refractivity contribution in [2.75, 3.05) is 0 Å². The third-order valence-electron chi connectivity index (χ3n) is 2.03. The summed E-state index contributed by atoms with van der Waals surface area (Å²) in [6.45, 7) is 1.92. The summed E-state index contributed by atoms with van der Waals surface area (Å²) < 4.78 is 5.14. The Morgan fingerprint density at radius 2 is 2.00 bits per heavy atom. The topological polar surface area (TPSA) is 46.3 Å². The summed E-state index contributed by atoms with van der Waals surface area (Å²) in [5, 5.41) is 9.36. The van der Waals surface area contributed by atoms with Crippen molar-refractivity contribution >= 4 is 0 Å². The number of aromatic nitrogens is 1. The van der Waals surface area contributed by atoms with Crippen LogP contribution in [0.1, 0.15) is 12.6 Å². The highest BCUT2D eigenvalue weighted by molar-refractivity contribution is 5.53. The zero-order valence-electron chi connectivity index (χ0n) is 7.90. The highest BCUT2D eigenvalue weighted by Gasteiger charge is 2.11. The van der Waals surface area contributed by atoms with Crippen molar-refractivity contribution in [3.63, 3.8) is 0 Å². The van der Waals surface area contributed by atoms with Gasteiger partial charge in [-0.3, -0.25) is 0 Å². The standard InChI is InChI=1S/C11H11NO2/c1-2-9-11(13)14-10(12-9)8-6-4-3-5-7-8/h3-7,13H,2H2,1H3. The minimum absolute atomic E-state index is 0.0775. The fraction of sp³-hybridized carbons (Fsp3) is 0.182. The number of hydrogen-bond acceptors (Lipinski definition) is 3. The molecule has 0 aliphatic rings. The quantitative estimate of drug-likeness (QED) is 0.789. The van der Waals surface area contributed by atoms with E-state index in [9.17, 15) is 5.11 Å². The average molecular weight is 189 g/mol. The van der Waals surface area contributed by atoms with Gasteiger partial charge in [-0.05, 0) is 18.6 Å². The van der Waals surface area contributed by atoms with Crippen molar-refractivity contribution in [3.8, 4) is 17.4 Å². The monoisotopic (exact) mass is 189 g/mol. The summed E-state index contributed by atoms with van der Waals surface area (Å²) in [6.07, 6.45) is 0.669. The first-order valence-corrected chi connectivity index (χ1v) is 4.55. The molecular weight excluding hydrogens is 178 g/mol. The van der Waals surface area contributed by atoms with Gasteiger partial charge in [-0.25, -0.2) is 4.98 Å². The van der Waals surface area contributed by atoms with Gasteiger partial charge in [0.2, 0.25) is 5.89 Å². The van der Waals surface area contributed by atoms with Gasteiger partial charge in [0.05, 0.1) is 0 Å². The van der Waals surface area contributed by atoms with Crippen LogP contribution in [0.15, 0.2) is 34.7 Å². The Hall–Kier alpha value is -1.77. The highest BCUT2D eigenvalue weighted by Crippen LogP contribution is 2.26. The molecule has 0 bridgehead atoms. The van der Waals surface area contributed by atoms with E-state index in [-0.39, 0.29) is 5.95 Å². The molecule has 1 aromatic carbocycles. The highest BCUT2D eigenvalue weighted by atomic mass is 16.5. The van der Waals surface area contributed by atoms with Crippen LogP contribution in [0.25, 0.3) is 11.5 Å². The number of benzene rings is 1. The second kappa shape index (κ2) is 3.54. The summed E-state index contributed by atoms with van der Waals surface area (Å²) in [5.41, 5.74) is 1.48. The Kier molecular flexibility index (Phi) is 2.23. The van der Waals surface area contributed by atoms with Crippen LogP contribution in [0.3, 0.4) is 0 Å². The van der Waals surface area contributed by atoms with Crippen molar-refractivity contribution in [1.29, 1.82) is 0 Å². The lowest BCUT2D eigenvalue weighted by Gasteiger charge is -1.91. The Morgan fingerprint density at radius 3 is 2.57 bits per heavy atom. The minimum Gasteiger partial charge on any atom is -0.479 e. The third-order valence-corrected chi connectivity index (χ3v) is 2.03. The second-order valence-electron chi connectivity index (χ2n) is 2.99. The minimum atomic E-state index is -0.0775. The summed E-state index contributed by atoms with van der Waals surface area (Å²) >= 11 is 0. The van der Waals surface area contributed by atoms with Crippen LogP contribution < -0.4 is 0 Å². The number of oxazole rings is 1. The Bertz CT molecular complexity index is 420. The van der Waals surface area contributed by atoms with E-state index in [2.05, 4.69) is 4.98 Å². The molecule has 0 unspecified atom stereocenters. The van der Waals surface area contributed by atoms with Gasteiger partial charge in [0, 0.05) is 5.56 Å². The summed E-state index contributed by atoms with van der Waals surface area (Å²) in [7, 11) is 0. The first-order valence-electron chi connectivity index (χ1n) is 4.55. The number of aromatic hydroxyl groups is 1. The van der Waals surface area contributed by atoms with Crippen molar-refractivity contribution in [1.82, 2.24) is 4.98 Å². The second-order valence-corrected chi connectivity index (χ2v) is 2.99. The molecule has 1 aromatic heterocycles. The molecule has 3 nitrogen and oxygen atoms in total. The van der Waals surface area contributed by atoms with Crippen molar-refractivity contribution < 1.29 is 9.52 Å². The van der Waals surface area contributed by atoms with Crippen LogP contribution >= 0.6 is 0 Å². The van der Waals surface area contributed by atoms with E-state index in [1.165, 1.54) is 0 Å². The van der Waals surface area contributed by atoms with Crippen LogP contribution in [-0.2, 0) is 6.42 Å². The van der Waals surface area contributed by atoms with Crippen molar-refractivity contribution in [2.45, 2.75) is 13.3 Å². The number of nitrogens with zero attached hydrogens (tertiary/aromatic N) is 1. The lowest BCUT2D eigenvalue weighted by Crippen LogP contribution is -1.80. The van der Waals surface area contributed by atoms with Crippen molar-refractivity contribution in [2.24, 2.45) is 0 Å². The van der Waals surface area contributed by atoms with E-state index in [0.29, 0.717) is 18.0 Å². The van der Waals surface area contributed by atoms with Gasteiger partial charge in [0.1, 0.15) is 5.69 Å². The Labute approximate surface area is 82.0 Å². The Balaban J connectivity index is 2.43. The van der Waals surface area contributed by atoms with E-state index in [1.807, 2.05) is 37.3 Å². The molecule has 0 saturated heterocycles. The van der Waals surface area contributed by atoms with Gasteiger partial charge in [-0.1, -0.05) is 25.1 Å². The lowest BCUT2D eigenvalue weighted by atomic mass is 10.2. The SMILES string of the molecule is CCc1nc(-c2ccccc2)oc1O. The van der Waals surface area contributed by atoms with Gasteiger partial charge in [-0.15, -0.1) is 0 Å². The van der Waals surface area contributed by atoms with Gasteiger partial charge in [0.25, 0.3) is 0 Å². The van der Waals surface area contributed by atoms with Crippen LogP contribution in [0.4, 0.5) is 0 Å². The maximum atomic E-state index is 9.36. The largest absolute Gasteiger partial charge is 0.479 e. The fourth-order valence-electron chi connectivity index (χ4n) is 1.28. The van der Waals surface area contributed by atoms with Crippen LogP contribution in [0.2, 0.25) is 0 Å². The van der Waals surface area contributed by atoms with E-state index >= 15 is 0 Å². The van der Waals surface area contributed by atoms with Crippen LogP contribution in [0.5, 0.6) is 5.95 Å². The molecule has 0 fully saturated rings. The summed E-state index contributed by atoms with van der Waals surface area (Å²) in [6, 6.07) is 9.52. The molecule has 72 valence electrons. The number of hydrogen-bond donors (Lipinski definition) is 1. The third kappa shape index (κ3) is 1.48. The fourth-order valence-corrected chi connectivity index (χ4v) is 1.28. The van der Waals surface area contributed by atoms with Gasteiger partial charge < -0.3 is 9.52 Å². The molecule has 14 heavy (non-hydrogen) atoms. The predicted molar refractivity (Wildman–Crippen MR) is 53.0 cm³/mol. The van der Waals surface area contributed by atoms with E-state index in [1.54, 1.807) is 0 Å². The average Bonchev–Trinajstić information content (AvgIpc) is 2.61. The molecule has 2 aromatic rings. The number of rotatable bonds is 2. The normalized spacial score (nSPS) is 10.4. The smallest absolute Gasteiger partial charge is 0.306 e. The molecule has 1 heterocycles. The number of aryl methyl sites for hydroxylation is 1. The van der Waals surface area contributed by atoms with E-state index < -0.39 is 0 Å². The molecule has 0 saturated carbocycles. The maximum Gasteiger partial charge on any atom is 0.306 e. The molecule has 3 heteroatoms. The molecule has 0 radical (unpaired) electrons. The van der Waals surface area contributed by atoms with Crippen LogP contribution in [-0.4, -0.2) is 10.1 Å². The zero-order valence-corrected chi connectivity index (χ0v) is 7.90. The summed E-state index contributed by atoms with van der Waals surface area (Å²) in [4.78, 5) is 4.18. The first kappa shape index (κ1) is 8.81. The lowest BCUT2D eigenvalue weighted by molar-refractivity contribution is 0.333. The Morgan fingerprint density at radius 1 is 1.29 bits per heavy atom. The molecule has 0 spiro atoms. The van der Waals surface area contributed by atoms with E-state index in [4.69, 9.17) is 4.42 Å². The molecule has 0 aliphatic heterocycles. The molecular formula is C11H11NO2. The van der Waals surface area contributed by atoms with Crippen molar-refractivity contribution in [3.05, 3.63) is 36.0 Å². The van der Waals surface area contributed by atoms with Gasteiger partial charge in [0.15, 0.2) is 0 Å². The first-order chi connectivity index (χ1) is 6.81. The van der Waals surface area contributed by atoms with Gasteiger partial charge >= 0.3 is 5.95 Å². The molecule has 0 atom stereocenters. The van der Waals surface area contributed by atoms with E-state index in [0.717, 1.165) is 5.56 Å². The van der Waals surface area contributed by atoms with Gasteiger partial charge in [-0.2, -0.15) is 0 Å².